The average molecular weight is 303 g/mol. The number of aromatic nitrogens is 4. The van der Waals surface area contributed by atoms with Crippen LogP contribution in [0.5, 0.6) is 0 Å². The van der Waals surface area contributed by atoms with Crippen LogP contribution in [0.15, 0.2) is 23.7 Å². The number of anilines is 2. The van der Waals surface area contributed by atoms with Crippen LogP contribution in [0, 0.1) is 0 Å². The number of rotatable bonds is 5. The van der Waals surface area contributed by atoms with Gasteiger partial charge in [-0.1, -0.05) is 6.07 Å². The maximum absolute atomic E-state index is 5.44. The zero-order chi connectivity index (χ0) is 14.8. The first kappa shape index (κ1) is 13.8. The molecule has 0 bridgehead atoms. The Bertz CT molecular complexity index is 721. The number of likely N-dealkylation sites (N-methyl/N-ethyl adjacent to an activating group) is 1. The Morgan fingerprint density at radius 3 is 3.05 bits per heavy atom. The number of fused-ring (bicyclic) bond motifs is 1. The monoisotopic (exact) mass is 303 g/mol. The van der Waals surface area contributed by atoms with Crippen molar-refractivity contribution in [1.82, 2.24) is 20.2 Å². The van der Waals surface area contributed by atoms with Crippen molar-refractivity contribution in [3.63, 3.8) is 0 Å². The van der Waals surface area contributed by atoms with Crippen molar-refractivity contribution in [2.24, 2.45) is 5.84 Å². The summed E-state index contributed by atoms with van der Waals surface area (Å²) in [6, 6.07) is 4.51. The van der Waals surface area contributed by atoms with E-state index in [-0.39, 0.29) is 0 Å². The van der Waals surface area contributed by atoms with E-state index < -0.39 is 0 Å². The normalized spacial score (nSPS) is 12.5. The molecule has 4 N–H and O–H groups in total. The third kappa shape index (κ3) is 2.67. The molecule has 0 amide bonds. The van der Waals surface area contributed by atoms with E-state index in [1.165, 1.54) is 4.88 Å². The van der Waals surface area contributed by atoms with E-state index in [0.29, 0.717) is 17.6 Å². The first-order chi connectivity index (χ1) is 10.2. The summed E-state index contributed by atoms with van der Waals surface area (Å²) in [7, 11) is 2.02. The first-order valence-electron chi connectivity index (χ1n) is 6.62. The highest BCUT2D eigenvalue weighted by molar-refractivity contribution is 7.09. The molecule has 21 heavy (non-hydrogen) atoms. The van der Waals surface area contributed by atoms with Crippen molar-refractivity contribution in [3.05, 3.63) is 28.6 Å². The molecule has 1 unspecified atom stereocenters. The molecule has 0 spiro atoms. The number of nitrogens with two attached hydrogens (primary N) is 1. The second-order valence-electron chi connectivity index (χ2n) is 4.89. The molecule has 0 aromatic carbocycles. The molecule has 3 heterocycles. The van der Waals surface area contributed by atoms with Gasteiger partial charge in [0.1, 0.15) is 5.82 Å². The summed E-state index contributed by atoms with van der Waals surface area (Å²) in [6.07, 6.45) is 2.70. The summed E-state index contributed by atoms with van der Waals surface area (Å²) in [5, 5.41) is 9.87. The lowest BCUT2D eigenvalue weighted by Crippen LogP contribution is -2.31. The molecule has 3 aromatic rings. The molecule has 0 fully saturated rings. The topological polar surface area (TPSA) is 95.8 Å². The molecule has 0 aliphatic carbocycles. The first-order valence-corrected chi connectivity index (χ1v) is 7.50. The molecule has 1 atom stereocenters. The number of nitrogens with zero attached hydrogens (tertiary/aromatic N) is 4. The zero-order valence-corrected chi connectivity index (χ0v) is 12.7. The third-order valence-electron chi connectivity index (χ3n) is 3.49. The van der Waals surface area contributed by atoms with Gasteiger partial charge in [0.25, 0.3) is 0 Å². The van der Waals surface area contributed by atoms with Gasteiger partial charge in [-0.25, -0.2) is 5.84 Å². The minimum Gasteiger partial charge on any atom is -0.356 e. The Kier molecular flexibility index (Phi) is 3.72. The van der Waals surface area contributed by atoms with Gasteiger partial charge < -0.3 is 4.90 Å². The van der Waals surface area contributed by atoms with E-state index in [1.807, 2.05) is 7.05 Å². The summed E-state index contributed by atoms with van der Waals surface area (Å²) in [5.41, 5.74) is 3.16. The van der Waals surface area contributed by atoms with E-state index in [9.17, 15) is 0 Å². The molecule has 0 aliphatic heterocycles. The lowest BCUT2D eigenvalue weighted by atomic mass is 10.2. The largest absolute Gasteiger partial charge is 0.356 e. The smallest absolute Gasteiger partial charge is 0.241 e. The lowest BCUT2D eigenvalue weighted by molar-refractivity contribution is 0.682. The predicted molar refractivity (Wildman–Crippen MR) is 85.4 cm³/mol. The molecular formula is C13H17N7S. The van der Waals surface area contributed by atoms with Gasteiger partial charge in [-0.2, -0.15) is 15.1 Å². The number of aromatic amines is 1. The standard InChI is InChI=1S/C13H17N7S/c1-8(6-9-4-3-5-21-9)20(2)12-10-7-15-19-11(10)16-13(17-12)18-14/h3-5,7-8H,6,14H2,1-2H3,(H2,15,16,17,18,19). The van der Waals surface area contributed by atoms with Crippen LogP contribution in [0.2, 0.25) is 0 Å². The number of hydrogen-bond donors (Lipinski definition) is 3. The van der Waals surface area contributed by atoms with Gasteiger partial charge in [-0.3, -0.25) is 10.5 Å². The van der Waals surface area contributed by atoms with Crippen LogP contribution in [0.1, 0.15) is 11.8 Å². The highest BCUT2D eigenvalue weighted by Crippen LogP contribution is 2.25. The number of thiophene rings is 1. The molecule has 3 aromatic heterocycles. The van der Waals surface area contributed by atoms with E-state index >= 15 is 0 Å². The molecular weight excluding hydrogens is 286 g/mol. The van der Waals surface area contributed by atoms with Crippen molar-refractivity contribution in [1.29, 1.82) is 0 Å². The minimum absolute atomic E-state index is 0.294. The van der Waals surface area contributed by atoms with Crippen LogP contribution in [-0.2, 0) is 6.42 Å². The van der Waals surface area contributed by atoms with Crippen molar-refractivity contribution in [2.75, 3.05) is 17.4 Å². The summed E-state index contributed by atoms with van der Waals surface area (Å²) in [5.74, 6) is 6.62. The molecule has 3 rings (SSSR count). The van der Waals surface area contributed by atoms with Crippen molar-refractivity contribution in [3.8, 4) is 0 Å². The van der Waals surface area contributed by atoms with Gasteiger partial charge in [0, 0.05) is 24.4 Å². The molecule has 7 nitrogen and oxygen atoms in total. The van der Waals surface area contributed by atoms with E-state index in [4.69, 9.17) is 5.84 Å². The van der Waals surface area contributed by atoms with Crippen LogP contribution in [0.4, 0.5) is 11.8 Å². The molecule has 110 valence electrons. The lowest BCUT2D eigenvalue weighted by Gasteiger charge is -2.26. The fourth-order valence-corrected chi connectivity index (χ4v) is 3.05. The highest BCUT2D eigenvalue weighted by Gasteiger charge is 2.18. The SMILES string of the molecule is CC(Cc1cccs1)N(C)c1nc(NN)nc2[nH]ncc12. The number of nitrogens with one attached hydrogen (secondary N) is 2. The number of hydrogen-bond acceptors (Lipinski definition) is 7. The van der Waals surface area contributed by atoms with Gasteiger partial charge in [0.15, 0.2) is 5.65 Å². The summed E-state index contributed by atoms with van der Waals surface area (Å²) >= 11 is 1.77. The quantitative estimate of drug-likeness (QED) is 0.491. The van der Waals surface area contributed by atoms with Crippen LogP contribution >= 0.6 is 11.3 Å². The average Bonchev–Trinajstić information content (AvgIpc) is 3.15. The molecule has 0 saturated carbocycles. The predicted octanol–water partition coefficient (Wildman–Crippen LogP) is 1.77. The van der Waals surface area contributed by atoms with Gasteiger partial charge in [0.05, 0.1) is 11.6 Å². The van der Waals surface area contributed by atoms with Crippen LogP contribution in [0.3, 0.4) is 0 Å². The third-order valence-corrected chi connectivity index (χ3v) is 4.39. The van der Waals surface area contributed by atoms with Crippen molar-refractivity contribution in [2.45, 2.75) is 19.4 Å². The van der Waals surface area contributed by atoms with E-state index in [0.717, 1.165) is 17.6 Å². The summed E-state index contributed by atoms with van der Waals surface area (Å²) in [6.45, 7) is 2.17. The van der Waals surface area contributed by atoms with Crippen LogP contribution < -0.4 is 16.2 Å². The highest BCUT2D eigenvalue weighted by atomic mass is 32.1. The molecule has 0 saturated heterocycles. The fourth-order valence-electron chi connectivity index (χ4n) is 2.22. The second kappa shape index (κ2) is 5.66. The Labute approximate surface area is 126 Å². The Balaban J connectivity index is 1.92. The van der Waals surface area contributed by atoms with E-state index in [1.54, 1.807) is 17.5 Å². The van der Waals surface area contributed by atoms with Crippen molar-refractivity contribution < 1.29 is 0 Å². The molecule has 8 heteroatoms. The van der Waals surface area contributed by atoms with Crippen LogP contribution in [-0.4, -0.2) is 33.3 Å². The van der Waals surface area contributed by atoms with E-state index in [2.05, 4.69) is 54.9 Å². The Morgan fingerprint density at radius 2 is 2.33 bits per heavy atom. The van der Waals surface area contributed by atoms with Gasteiger partial charge in [-0.15, -0.1) is 11.3 Å². The molecule has 0 aliphatic rings. The fraction of sp³-hybridized carbons (Fsp3) is 0.308. The molecule has 0 radical (unpaired) electrons. The number of hydrazine groups is 1. The zero-order valence-electron chi connectivity index (χ0n) is 11.9. The van der Waals surface area contributed by atoms with Gasteiger partial charge >= 0.3 is 0 Å². The summed E-state index contributed by atoms with van der Waals surface area (Å²) in [4.78, 5) is 12.2. The summed E-state index contributed by atoms with van der Waals surface area (Å²) < 4.78 is 0. The maximum atomic E-state index is 5.44. The Hall–Kier alpha value is -2.19. The second-order valence-corrected chi connectivity index (χ2v) is 5.92. The van der Waals surface area contributed by atoms with Gasteiger partial charge in [0.2, 0.25) is 5.95 Å². The van der Waals surface area contributed by atoms with Gasteiger partial charge in [-0.05, 0) is 18.4 Å². The minimum atomic E-state index is 0.294. The Morgan fingerprint density at radius 1 is 1.48 bits per heavy atom. The number of nitrogen functional groups attached to an aromatic ring is 1. The van der Waals surface area contributed by atoms with Crippen molar-refractivity contribution >= 4 is 34.1 Å². The maximum Gasteiger partial charge on any atom is 0.241 e. The number of H-pyrrole nitrogens is 1. The van der Waals surface area contributed by atoms with Crippen LogP contribution in [0.25, 0.3) is 11.0 Å².